The van der Waals surface area contributed by atoms with Crippen molar-refractivity contribution in [1.82, 2.24) is 0 Å². The van der Waals surface area contributed by atoms with Gasteiger partial charge in [0.15, 0.2) is 5.78 Å². The number of hydrogen-bond donors (Lipinski definition) is 1. The molecule has 112 valence electrons. The van der Waals surface area contributed by atoms with Crippen molar-refractivity contribution in [3.63, 3.8) is 0 Å². The van der Waals surface area contributed by atoms with Crippen molar-refractivity contribution < 1.29 is 19.6 Å². The number of allylic oxidation sites excluding steroid dienone is 1. The van der Waals surface area contributed by atoms with Crippen LogP contribution in [-0.2, 0) is 0 Å². The zero-order chi connectivity index (χ0) is 16.1. The van der Waals surface area contributed by atoms with Crippen LogP contribution in [0, 0.1) is 10.1 Å². The van der Waals surface area contributed by atoms with Crippen LogP contribution in [0.5, 0.6) is 11.5 Å². The Balaban J connectivity index is 2.40. The van der Waals surface area contributed by atoms with Crippen molar-refractivity contribution in [2.24, 2.45) is 0 Å². The first-order valence-electron chi connectivity index (χ1n) is 6.35. The van der Waals surface area contributed by atoms with Gasteiger partial charge in [-0.1, -0.05) is 30.3 Å². The summed E-state index contributed by atoms with van der Waals surface area (Å²) >= 11 is 0. The number of methoxy groups -OCH3 is 1. The molecule has 1 N–H and O–H groups in total. The highest BCUT2D eigenvalue weighted by molar-refractivity contribution is 6.07. The van der Waals surface area contributed by atoms with Gasteiger partial charge in [0.05, 0.1) is 17.6 Å². The van der Waals surface area contributed by atoms with Crippen LogP contribution in [0.3, 0.4) is 0 Å². The Morgan fingerprint density at radius 3 is 2.55 bits per heavy atom. The molecule has 0 aliphatic heterocycles. The maximum Gasteiger partial charge on any atom is 0.318 e. The summed E-state index contributed by atoms with van der Waals surface area (Å²) in [5, 5.41) is 20.7. The Kier molecular flexibility index (Phi) is 4.53. The highest BCUT2D eigenvalue weighted by Gasteiger charge is 2.20. The summed E-state index contributed by atoms with van der Waals surface area (Å²) in [6.07, 6.45) is 2.51. The number of carbonyl (C=O) groups is 1. The molecule has 0 amide bonds. The Bertz CT molecular complexity index is 738. The summed E-state index contributed by atoms with van der Waals surface area (Å²) in [5.74, 6) is -0.553. The minimum absolute atomic E-state index is 0.0724. The van der Waals surface area contributed by atoms with Crippen molar-refractivity contribution in [1.29, 1.82) is 0 Å². The number of aromatic hydroxyl groups is 1. The van der Waals surface area contributed by atoms with E-state index >= 15 is 0 Å². The zero-order valence-corrected chi connectivity index (χ0v) is 11.7. The molecule has 6 nitrogen and oxygen atoms in total. The number of carbonyl (C=O) groups excluding carboxylic acids is 1. The van der Waals surface area contributed by atoms with Gasteiger partial charge in [0.25, 0.3) is 0 Å². The van der Waals surface area contributed by atoms with Gasteiger partial charge in [0.2, 0.25) is 5.75 Å². The second-order valence-corrected chi connectivity index (χ2v) is 4.41. The van der Waals surface area contributed by atoms with Gasteiger partial charge >= 0.3 is 5.69 Å². The van der Waals surface area contributed by atoms with E-state index in [2.05, 4.69) is 0 Å². The molecular formula is C16H13NO5. The van der Waals surface area contributed by atoms with Crippen LogP contribution in [0.25, 0.3) is 6.08 Å². The Hall–Kier alpha value is -3.15. The van der Waals surface area contributed by atoms with E-state index in [1.807, 2.05) is 0 Å². The van der Waals surface area contributed by atoms with Crippen LogP contribution >= 0.6 is 0 Å². The molecule has 0 aliphatic rings. The summed E-state index contributed by atoms with van der Waals surface area (Å²) in [5.41, 5.74) is 0.247. The van der Waals surface area contributed by atoms with Crippen molar-refractivity contribution in [3.05, 3.63) is 69.8 Å². The van der Waals surface area contributed by atoms with Gasteiger partial charge in [-0.3, -0.25) is 14.9 Å². The fourth-order valence-electron chi connectivity index (χ4n) is 1.96. The second kappa shape index (κ2) is 6.53. The average molecular weight is 299 g/mol. The molecule has 0 radical (unpaired) electrons. The van der Waals surface area contributed by atoms with Crippen LogP contribution in [0.4, 0.5) is 5.69 Å². The molecule has 0 atom stereocenters. The van der Waals surface area contributed by atoms with Crippen molar-refractivity contribution in [2.45, 2.75) is 0 Å². The number of nitrogens with zero attached hydrogens (tertiary/aromatic N) is 1. The molecule has 0 heterocycles. The second-order valence-electron chi connectivity index (χ2n) is 4.41. The maximum absolute atomic E-state index is 12.0. The van der Waals surface area contributed by atoms with E-state index in [0.29, 0.717) is 5.56 Å². The molecule has 2 aromatic rings. The van der Waals surface area contributed by atoms with Gasteiger partial charge in [-0.15, -0.1) is 0 Å². The van der Waals surface area contributed by atoms with Crippen molar-refractivity contribution in [3.8, 4) is 11.5 Å². The first-order valence-corrected chi connectivity index (χ1v) is 6.35. The average Bonchev–Trinajstić information content (AvgIpc) is 2.52. The van der Waals surface area contributed by atoms with Crippen LogP contribution in [-0.4, -0.2) is 22.9 Å². The number of ether oxygens (including phenoxy) is 1. The van der Waals surface area contributed by atoms with Crippen LogP contribution in [0.2, 0.25) is 0 Å². The third kappa shape index (κ3) is 3.29. The molecular weight excluding hydrogens is 286 g/mol. The molecule has 0 saturated heterocycles. The van der Waals surface area contributed by atoms with Gasteiger partial charge in [-0.05, 0) is 18.2 Å². The zero-order valence-electron chi connectivity index (χ0n) is 11.7. The number of benzene rings is 2. The SMILES string of the molecule is COc1cc(O)cc(/C=C/C(=O)c2ccccc2)c1[N+](=O)[O-]. The van der Waals surface area contributed by atoms with E-state index in [9.17, 15) is 20.0 Å². The standard InChI is InChI=1S/C16H13NO5/c1-22-15-10-13(18)9-12(16(15)17(20)21)7-8-14(19)11-5-3-2-4-6-11/h2-10,18H,1H3/b8-7+. The normalized spacial score (nSPS) is 10.6. The van der Waals surface area contributed by atoms with E-state index < -0.39 is 4.92 Å². The van der Waals surface area contributed by atoms with E-state index in [4.69, 9.17) is 4.74 Å². The lowest BCUT2D eigenvalue weighted by Gasteiger charge is -2.05. The Morgan fingerprint density at radius 2 is 1.95 bits per heavy atom. The molecule has 0 fully saturated rings. The molecule has 2 rings (SSSR count). The number of phenolic OH excluding ortho intramolecular Hbond substituents is 1. The lowest BCUT2D eigenvalue weighted by molar-refractivity contribution is -0.386. The minimum Gasteiger partial charge on any atom is -0.508 e. The fraction of sp³-hybridized carbons (Fsp3) is 0.0625. The molecule has 0 unspecified atom stereocenters. The van der Waals surface area contributed by atoms with Crippen LogP contribution in [0.15, 0.2) is 48.5 Å². The monoisotopic (exact) mass is 299 g/mol. The number of rotatable bonds is 5. The van der Waals surface area contributed by atoms with E-state index in [1.54, 1.807) is 30.3 Å². The van der Waals surface area contributed by atoms with E-state index in [-0.39, 0.29) is 28.5 Å². The largest absolute Gasteiger partial charge is 0.508 e. The number of ketones is 1. The van der Waals surface area contributed by atoms with Gasteiger partial charge in [0.1, 0.15) is 5.75 Å². The molecule has 6 heteroatoms. The first kappa shape index (κ1) is 15.2. The lowest BCUT2D eigenvalue weighted by atomic mass is 10.1. The third-order valence-electron chi connectivity index (χ3n) is 2.96. The molecule has 0 bridgehead atoms. The summed E-state index contributed by atoms with van der Waals surface area (Å²) in [7, 11) is 1.27. The van der Waals surface area contributed by atoms with Gasteiger partial charge in [-0.2, -0.15) is 0 Å². The molecule has 22 heavy (non-hydrogen) atoms. The number of hydrogen-bond acceptors (Lipinski definition) is 5. The predicted octanol–water partition coefficient (Wildman–Crippen LogP) is 3.21. The molecule has 0 aliphatic carbocycles. The summed E-state index contributed by atoms with van der Waals surface area (Å²) in [4.78, 5) is 22.5. The molecule has 2 aromatic carbocycles. The first-order chi connectivity index (χ1) is 10.5. The number of phenols is 1. The van der Waals surface area contributed by atoms with E-state index in [1.165, 1.54) is 25.3 Å². The molecule has 0 aromatic heterocycles. The summed E-state index contributed by atoms with van der Waals surface area (Å²) < 4.78 is 4.90. The smallest absolute Gasteiger partial charge is 0.318 e. The van der Waals surface area contributed by atoms with Gasteiger partial charge in [0, 0.05) is 11.6 Å². The summed E-state index contributed by atoms with van der Waals surface area (Å²) in [6.45, 7) is 0. The van der Waals surface area contributed by atoms with Crippen molar-refractivity contribution >= 4 is 17.5 Å². The quantitative estimate of drug-likeness (QED) is 0.396. The van der Waals surface area contributed by atoms with E-state index in [0.717, 1.165) is 6.07 Å². The van der Waals surface area contributed by atoms with Gasteiger partial charge in [-0.25, -0.2) is 0 Å². The summed E-state index contributed by atoms with van der Waals surface area (Å²) in [6, 6.07) is 10.9. The Labute approximate surface area is 126 Å². The minimum atomic E-state index is -0.620. The number of nitro groups is 1. The van der Waals surface area contributed by atoms with Crippen LogP contribution < -0.4 is 4.74 Å². The highest BCUT2D eigenvalue weighted by Crippen LogP contribution is 2.35. The predicted molar refractivity (Wildman–Crippen MR) is 81.1 cm³/mol. The van der Waals surface area contributed by atoms with Crippen LogP contribution in [0.1, 0.15) is 15.9 Å². The maximum atomic E-state index is 12.0. The van der Waals surface area contributed by atoms with Gasteiger partial charge < -0.3 is 9.84 Å². The van der Waals surface area contributed by atoms with Crippen molar-refractivity contribution in [2.75, 3.05) is 7.11 Å². The fourth-order valence-corrected chi connectivity index (χ4v) is 1.96. The lowest BCUT2D eigenvalue weighted by Crippen LogP contribution is -1.97. The topological polar surface area (TPSA) is 89.7 Å². The third-order valence-corrected chi connectivity index (χ3v) is 2.96. The molecule has 0 saturated carbocycles. The highest BCUT2D eigenvalue weighted by atomic mass is 16.6. The Morgan fingerprint density at radius 1 is 1.27 bits per heavy atom. The number of nitro benzene ring substituents is 1. The molecule has 0 spiro atoms.